The van der Waals surface area contributed by atoms with Crippen LogP contribution in [0.4, 0.5) is 0 Å². The summed E-state index contributed by atoms with van der Waals surface area (Å²) in [5.74, 6) is 0.441. The second-order valence-corrected chi connectivity index (χ2v) is 8.44. The number of sulfonamides is 1. The second-order valence-electron chi connectivity index (χ2n) is 6.26. The topological polar surface area (TPSA) is 67.9 Å². The smallest absolute Gasteiger partial charge is 0.240 e. The standard InChI is InChI=1S/C19H23ClN2O4S/c1-25-18-8-7-16(13-17(18)20)27(23,24)21-9-10-22-11-12-26-19(14-22)15-5-3-2-4-6-15/h2-8,13,19,21H,9-12,14H2,1H3. The van der Waals surface area contributed by atoms with E-state index in [-0.39, 0.29) is 16.0 Å². The van der Waals surface area contributed by atoms with Crippen molar-refractivity contribution in [2.45, 2.75) is 11.0 Å². The Hall–Kier alpha value is -1.64. The predicted octanol–water partition coefficient (Wildman–Crippen LogP) is 2.70. The Bertz CT molecular complexity index is 861. The monoisotopic (exact) mass is 410 g/mol. The Kier molecular flexibility index (Phi) is 6.73. The van der Waals surface area contributed by atoms with Crippen LogP contribution in [-0.2, 0) is 14.8 Å². The average Bonchev–Trinajstić information content (AvgIpc) is 2.69. The normalized spacial score (nSPS) is 18.4. The molecule has 3 rings (SSSR count). The third-order valence-electron chi connectivity index (χ3n) is 4.48. The van der Waals surface area contributed by atoms with E-state index in [1.54, 1.807) is 6.07 Å². The number of halogens is 1. The van der Waals surface area contributed by atoms with Crippen LogP contribution < -0.4 is 9.46 Å². The molecular formula is C19H23ClN2O4S. The summed E-state index contributed by atoms with van der Waals surface area (Å²) < 4.78 is 38.4. The van der Waals surface area contributed by atoms with Crippen LogP contribution in [0.5, 0.6) is 5.75 Å². The Morgan fingerprint density at radius 2 is 2.04 bits per heavy atom. The van der Waals surface area contributed by atoms with Gasteiger partial charge in [-0.3, -0.25) is 4.90 Å². The summed E-state index contributed by atoms with van der Waals surface area (Å²) in [7, 11) is -2.14. The number of morpholine rings is 1. The van der Waals surface area contributed by atoms with Gasteiger partial charge in [-0.1, -0.05) is 41.9 Å². The molecular weight excluding hydrogens is 388 g/mol. The van der Waals surface area contributed by atoms with Gasteiger partial charge in [0, 0.05) is 26.2 Å². The zero-order valence-electron chi connectivity index (χ0n) is 15.1. The molecule has 0 aliphatic carbocycles. The largest absolute Gasteiger partial charge is 0.495 e. The van der Waals surface area contributed by atoms with Crippen LogP contribution in [0.15, 0.2) is 53.4 Å². The maximum absolute atomic E-state index is 12.5. The number of hydrogen-bond donors (Lipinski definition) is 1. The summed E-state index contributed by atoms with van der Waals surface area (Å²) in [5, 5.41) is 0.263. The Morgan fingerprint density at radius 3 is 2.74 bits per heavy atom. The molecule has 1 atom stereocenters. The number of methoxy groups -OCH3 is 1. The highest BCUT2D eigenvalue weighted by Gasteiger charge is 2.22. The molecule has 0 saturated carbocycles. The molecule has 1 unspecified atom stereocenters. The summed E-state index contributed by atoms with van der Waals surface area (Å²) in [4.78, 5) is 2.32. The van der Waals surface area contributed by atoms with Crippen molar-refractivity contribution in [2.75, 3.05) is 39.9 Å². The fourth-order valence-electron chi connectivity index (χ4n) is 3.01. The van der Waals surface area contributed by atoms with E-state index in [1.165, 1.54) is 19.2 Å². The lowest BCUT2D eigenvalue weighted by molar-refractivity contribution is -0.0291. The number of rotatable bonds is 7. The molecule has 8 heteroatoms. The van der Waals surface area contributed by atoms with Crippen LogP contribution in [0.1, 0.15) is 11.7 Å². The van der Waals surface area contributed by atoms with Crippen molar-refractivity contribution in [1.82, 2.24) is 9.62 Å². The summed E-state index contributed by atoms with van der Waals surface area (Å²) in [6.45, 7) is 3.06. The minimum Gasteiger partial charge on any atom is -0.495 e. The van der Waals surface area contributed by atoms with E-state index in [4.69, 9.17) is 21.1 Å². The van der Waals surface area contributed by atoms with Crippen LogP contribution in [0.3, 0.4) is 0 Å². The second kappa shape index (κ2) is 9.03. The zero-order valence-corrected chi connectivity index (χ0v) is 16.7. The minimum atomic E-state index is -3.62. The summed E-state index contributed by atoms with van der Waals surface area (Å²) in [6, 6.07) is 14.5. The number of nitrogens with zero attached hydrogens (tertiary/aromatic N) is 1. The highest BCUT2D eigenvalue weighted by Crippen LogP contribution is 2.27. The van der Waals surface area contributed by atoms with Crippen molar-refractivity contribution < 1.29 is 17.9 Å². The molecule has 0 radical (unpaired) electrons. The fourth-order valence-corrected chi connectivity index (χ4v) is 4.38. The molecule has 1 aliphatic heterocycles. The Balaban J connectivity index is 1.55. The third-order valence-corrected chi connectivity index (χ3v) is 6.23. The maximum Gasteiger partial charge on any atom is 0.240 e. The van der Waals surface area contributed by atoms with Gasteiger partial charge in [0.25, 0.3) is 0 Å². The number of hydrogen-bond acceptors (Lipinski definition) is 5. The van der Waals surface area contributed by atoms with Crippen molar-refractivity contribution >= 4 is 21.6 Å². The van der Waals surface area contributed by atoms with E-state index in [9.17, 15) is 8.42 Å². The minimum absolute atomic E-state index is 0.0111. The van der Waals surface area contributed by atoms with Crippen LogP contribution in [0.2, 0.25) is 5.02 Å². The fraction of sp³-hybridized carbons (Fsp3) is 0.368. The van der Waals surface area contributed by atoms with Gasteiger partial charge in [0.15, 0.2) is 0 Å². The Morgan fingerprint density at radius 1 is 1.26 bits per heavy atom. The summed E-state index contributed by atoms with van der Waals surface area (Å²) in [5.41, 5.74) is 1.13. The van der Waals surface area contributed by atoms with Crippen molar-refractivity contribution in [3.05, 3.63) is 59.1 Å². The first-order valence-corrected chi connectivity index (χ1v) is 10.6. The Labute approximate surface area is 165 Å². The van der Waals surface area contributed by atoms with E-state index >= 15 is 0 Å². The highest BCUT2D eigenvalue weighted by atomic mass is 35.5. The molecule has 0 bridgehead atoms. The van der Waals surface area contributed by atoms with E-state index in [0.717, 1.165) is 18.7 Å². The van der Waals surface area contributed by atoms with Gasteiger partial charge in [-0.2, -0.15) is 0 Å². The molecule has 146 valence electrons. The summed E-state index contributed by atoms with van der Waals surface area (Å²) in [6.07, 6.45) is 0.0111. The van der Waals surface area contributed by atoms with E-state index in [1.807, 2.05) is 30.3 Å². The molecule has 6 nitrogen and oxygen atoms in total. The van der Waals surface area contributed by atoms with Crippen LogP contribution in [0.25, 0.3) is 0 Å². The molecule has 2 aromatic rings. The highest BCUT2D eigenvalue weighted by molar-refractivity contribution is 7.89. The first-order chi connectivity index (χ1) is 13.0. The van der Waals surface area contributed by atoms with Crippen LogP contribution in [-0.4, -0.2) is 53.2 Å². The molecule has 0 spiro atoms. The van der Waals surface area contributed by atoms with Crippen molar-refractivity contribution in [3.8, 4) is 5.75 Å². The molecule has 0 aromatic heterocycles. The third kappa shape index (κ3) is 5.21. The average molecular weight is 411 g/mol. The van der Waals surface area contributed by atoms with E-state index in [0.29, 0.717) is 25.4 Å². The number of nitrogens with one attached hydrogen (secondary N) is 1. The van der Waals surface area contributed by atoms with E-state index in [2.05, 4.69) is 9.62 Å². The summed E-state index contributed by atoms with van der Waals surface area (Å²) >= 11 is 6.03. The molecule has 1 N–H and O–H groups in total. The van der Waals surface area contributed by atoms with Crippen LogP contribution >= 0.6 is 11.6 Å². The van der Waals surface area contributed by atoms with Gasteiger partial charge in [0.05, 0.1) is 29.7 Å². The molecule has 1 saturated heterocycles. The maximum atomic E-state index is 12.5. The lowest BCUT2D eigenvalue weighted by atomic mass is 10.1. The van der Waals surface area contributed by atoms with Crippen molar-refractivity contribution in [3.63, 3.8) is 0 Å². The quantitative estimate of drug-likeness (QED) is 0.760. The van der Waals surface area contributed by atoms with Gasteiger partial charge in [-0.25, -0.2) is 13.1 Å². The van der Waals surface area contributed by atoms with Crippen LogP contribution in [0, 0.1) is 0 Å². The lowest BCUT2D eigenvalue weighted by Crippen LogP contribution is -2.42. The molecule has 1 aliphatic rings. The number of ether oxygens (including phenoxy) is 2. The first-order valence-electron chi connectivity index (χ1n) is 8.72. The molecule has 2 aromatic carbocycles. The number of benzene rings is 2. The van der Waals surface area contributed by atoms with Gasteiger partial charge >= 0.3 is 0 Å². The lowest BCUT2D eigenvalue weighted by Gasteiger charge is -2.33. The van der Waals surface area contributed by atoms with Gasteiger partial charge in [0.2, 0.25) is 10.0 Å². The first kappa shape index (κ1) is 20.1. The van der Waals surface area contributed by atoms with Crippen molar-refractivity contribution in [2.24, 2.45) is 0 Å². The molecule has 0 amide bonds. The van der Waals surface area contributed by atoms with Gasteiger partial charge < -0.3 is 9.47 Å². The van der Waals surface area contributed by atoms with Gasteiger partial charge in [-0.05, 0) is 23.8 Å². The van der Waals surface area contributed by atoms with Gasteiger partial charge in [-0.15, -0.1) is 0 Å². The van der Waals surface area contributed by atoms with E-state index < -0.39 is 10.0 Å². The zero-order chi connectivity index (χ0) is 19.3. The SMILES string of the molecule is COc1ccc(S(=O)(=O)NCCN2CCOC(c3ccccc3)C2)cc1Cl. The predicted molar refractivity (Wildman–Crippen MR) is 105 cm³/mol. The molecule has 1 heterocycles. The molecule has 27 heavy (non-hydrogen) atoms. The van der Waals surface area contributed by atoms with Crippen molar-refractivity contribution in [1.29, 1.82) is 0 Å². The van der Waals surface area contributed by atoms with Gasteiger partial charge in [0.1, 0.15) is 5.75 Å². The molecule has 1 fully saturated rings.